The zero-order chi connectivity index (χ0) is 20.2. The fourth-order valence-corrected chi connectivity index (χ4v) is 3.26. The minimum absolute atomic E-state index is 0.871. The Morgan fingerprint density at radius 3 is 2.50 bits per heavy atom. The molecule has 3 nitrogen and oxygen atoms in total. The van der Waals surface area contributed by atoms with Crippen molar-refractivity contribution in [2.24, 2.45) is 0 Å². The maximum absolute atomic E-state index is 6.36. The van der Waals surface area contributed by atoms with Gasteiger partial charge in [0.1, 0.15) is 11.5 Å². The SMILES string of the molecule is C=C(CCCC)c1cc(CNCCCNC)cc(CC)c1Oc1ccccc1. The quantitative estimate of drug-likeness (QED) is 0.422. The lowest BCUT2D eigenvalue weighted by atomic mass is 9.94. The highest BCUT2D eigenvalue weighted by atomic mass is 16.5. The lowest BCUT2D eigenvalue weighted by molar-refractivity contribution is 0.474. The number of hydrogen-bond acceptors (Lipinski definition) is 3. The Morgan fingerprint density at radius 1 is 1.04 bits per heavy atom. The molecule has 0 saturated carbocycles. The molecular formula is C25H36N2O. The van der Waals surface area contributed by atoms with E-state index in [0.717, 1.165) is 62.4 Å². The second kappa shape index (κ2) is 12.4. The van der Waals surface area contributed by atoms with Crippen LogP contribution in [0.1, 0.15) is 56.2 Å². The number of ether oxygens (including phenoxy) is 1. The number of nitrogens with one attached hydrogen (secondary N) is 2. The van der Waals surface area contributed by atoms with Gasteiger partial charge in [-0.05, 0) is 80.7 Å². The fraction of sp³-hybridized carbons (Fsp3) is 0.440. The Kier molecular flexibility index (Phi) is 9.81. The van der Waals surface area contributed by atoms with Crippen molar-refractivity contribution in [3.05, 3.63) is 65.7 Å². The van der Waals surface area contributed by atoms with E-state index in [2.05, 4.69) is 43.2 Å². The number of unbranched alkanes of at least 4 members (excludes halogenated alkanes) is 1. The second-order valence-corrected chi connectivity index (χ2v) is 7.24. The van der Waals surface area contributed by atoms with Crippen LogP contribution < -0.4 is 15.4 Å². The monoisotopic (exact) mass is 380 g/mol. The van der Waals surface area contributed by atoms with E-state index in [1.54, 1.807) is 0 Å². The summed E-state index contributed by atoms with van der Waals surface area (Å²) < 4.78 is 6.36. The van der Waals surface area contributed by atoms with Gasteiger partial charge in [0.25, 0.3) is 0 Å². The average molecular weight is 381 g/mol. The predicted molar refractivity (Wildman–Crippen MR) is 121 cm³/mol. The lowest BCUT2D eigenvalue weighted by Gasteiger charge is -2.19. The van der Waals surface area contributed by atoms with Gasteiger partial charge in [0.2, 0.25) is 0 Å². The summed E-state index contributed by atoms with van der Waals surface area (Å²) in [4.78, 5) is 0. The third-order valence-corrected chi connectivity index (χ3v) is 4.89. The molecule has 0 aromatic heterocycles. The summed E-state index contributed by atoms with van der Waals surface area (Å²) in [6.45, 7) is 11.7. The maximum Gasteiger partial charge on any atom is 0.138 e. The van der Waals surface area contributed by atoms with Crippen molar-refractivity contribution in [2.75, 3.05) is 20.1 Å². The summed E-state index contributed by atoms with van der Waals surface area (Å²) in [5.41, 5.74) is 4.86. The summed E-state index contributed by atoms with van der Waals surface area (Å²) in [5, 5.41) is 6.75. The van der Waals surface area contributed by atoms with Gasteiger partial charge in [-0.1, -0.05) is 51.1 Å². The highest BCUT2D eigenvalue weighted by Gasteiger charge is 2.15. The molecule has 2 aromatic carbocycles. The van der Waals surface area contributed by atoms with Gasteiger partial charge in [-0.25, -0.2) is 0 Å². The molecule has 0 saturated heterocycles. The predicted octanol–water partition coefficient (Wildman–Crippen LogP) is 5.94. The molecule has 0 heterocycles. The van der Waals surface area contributed by atoms with Crippen molar-refractivity contribution in [2.45, 2.75) is 52.5 Å². The van der Waals surface area contributed by atoms with Crippen LogP contribution in [0.5, 0.6) is 11.5 Å². The van der Waals surface area contributed by atoms with E-state index in [4.69, 9.17) is 4.74 Å². The Labute approximate surface area is 171 Å². The van der Waals surface area contributed by atoms with Gasteiger partial charge >= 0.3 is 0 Å². The van der Waals surface area contributed by atoms with Gasteiger partial charge in [-0.15, -0.1) is 0 Å². The molecule has 0 unspecified atom stereocenters. The molecule has 0 aliphatic carbocycles. The van der Waals surface area contributed by atoms with Crippen LogP contribution in [-0.2, 0) is 13.0 Å². The van der Waals surface area contributed by atoms with Gasteiger partial charge in [-0.2, -0.15) is 0 Å². The molecule has 0 aliphatic rings. The maximum atomic E-state index is 6.36. The van der Waals surface area contributed by atoms with Gasteiger partial charge < -0.3 is 15.4 Å². The molecule has 0 spiro atoms. The molecule has 0 aliphatic heterocycles. The summed E-state index contributed by atoms with van der Waals surface area (Å²) in [6, 6.07) is 14.6. The van der Waals surface area contributed by atoms with E-state index in [9.17, 15) is 0 Å². The van der Waals surface area contributed by atoms with Gasteiger partial charge in [0.05, 0.1) is 0 Å². The first-order valence-electron chi connectivity index (χ1n) is 10.6. The summed E-state index contributed by atoms with van der Waals surface area (Å²) in [6.07, 6.45) is 5.38. The molecule has 0 fully saturated rings. The average Bonchev–Trinajstić information content (AvgIpc) is 2.73. The van der Waals surface area contributed by atoms with E-state index in [1.807, 2.05) is 37.4 Å². The van der Waals surface area contributed by atoms with Crippen molar-refractivity contribution in [3.63, 3.8) is 0 Å². The van der Waals surface area contributed by atoms with Gasteiger partial charge in [0.15, 0.2) is 0 Å². The van der Waals surface area contributed by atoms with E-state index in [1.165, 1.54) is 23.1 Å². The normalized spacial score (nSPS) is 10.8. The third-order valence-electron chi connectivity index (χ3n) is 4.89. The second-order valence-electron chi connectivity index (χ2n) is 7.24. The topological polar surface area (TPSA) is 33.3 Å². The minimum atomic E-state index is 0.871. The van der Waals surface area contributed by atoms with Crippen LogP contribution in [0, 0.1) is 0 Å². The molecule has 28 heavy (non-hydrogen) atoms. The molecule has 0 amide bonds. The summed E-state index contributed by atoms with van der Waals surface area (Å²) in [7, 11) is 1.99. The van der Waals surface area contributed by atoms with Crippen molar-refractivity contribution >= 4 is 5.57 Å². The highest BCUT2D eigenvalue weighted by Crippen LogP contribution is 2.36. The van der Waals surface area contributed by atoms with Gasteiger partial charge in [-0.3, -0.25) is 0 Å². The Morgan fingerprint density at radius 2 is 1.82 bits per heavy atom. The fourth-order valence-electron chi connectivity index (χ4n) is 3.26. The van der Waals surface area contributed by atoms with Crippen molar-refractivity contribution in [1.29, 1.82) is 0 Å². The molecule has 0 bridgehead atoms. The zero-order valence-electron chi connectivity index (χ0n) is 17.8. The first-order chi connectivity index (χ1) is 13.7. The smallest absolute Gasteiger partial charge is 0.138 e. The Hall–Kier alpha value is -2.10. The van der Waals surface area contributed by atoms with Gasteiger partial charge in [0, 0.05) is 12.1 Å². The van der Waals surface area contributed by atoms with E-state index in [0.29, 0.717) is 0 Å². The molecule has 2 rings (SSSR count). The number of para-hydroxylation sites is 1. The summed E-state index contributed by atoms with van der Waals surface area (Å²) >= 11 is 0. The van der Waals surface area contributed by atoms with Crippen LogP contribution in [0.2, 0.25) is 0 Å². The van der Waals surface area contributed by atoms with Crippen LogP contribution >= 0.6 is 0 Å². The van der Waals surface area contributed by atoms with Crippen LogP contribution in [0.3, 0.4) is 0 Å². The number of benzene rings is 2. The van der Waals surface area contributed by atoms with Crippen molar-refractivity contribution in [1.82, 2.24) is 10.6 Å². The molecular weight excluding hydrogens is 344 g/mol. The number of allylic oxidation sites excluding steroid dienone is 1. The lowest BCUT2D eigenvalue weighted by Crippen LogP contribution is -2.19. The number of hydrogen-bond donors (Lipinski definition) is 2. The molecule has 152 valence electrons. The Bertz CT molecular complexity index is 725. The molecule has 3 heteroatoms. The standard InChI is InChI=1S/C25H36N2O/c1-5-7-12-20(3)24-18-21(19-27-16-11-15-26-4)17-22(6-2)25(24)28-23-13-9-8-10-14-23/h8-10,13-14,17-18,26-27H,3,5-7,11-12,15-16,19H2,1-2,4H3. The molecule has 0 radical (unpaired) electrons. The Balaban J connectivity index is 2.28. The van der Waals surface area contributed by atoms with E-state index in [-0.39, 0.29) is 0 Å². The van der Waals surface area contributed by atoms with Crippen LogP contribution in [0.4, 0.5) is 0 Å². The molecule has 2 N–H and O–H groups in total. The van der Waals surface area contributed by atoms with E-state index >= 15 is 0 Å². The van der Waals surface area contributed by atoms with Crippen LogP contribution in [-0.4, -0.2) is 20.1 Å². The number of aryl methyl sites for hydroxylation is 1. The van der Waals surface area contributed by atoms with Crippen LogP contribution in [0.15, 0.2) is 49.0 Å². The zero-order valence-corrected chi connectivity index (χ0v) is 17.8. The molecule has 2 aromatic rings. The largest absolute Gasteiger partial charge is 0.456 e. The van der Waals surface area contributed by atoms with Crippen molar-refractivity contribution < 1.29 is 4.74 Å². The third kappa shape index (κ3) is 6.81. The van der Waals surface area contributed by atoms with Crippen LogP contribution in [0.25, 0.3) is 5.57 Å². The minimum Gasteiger partial charge on any atom is -0.456 e. The molecule has 0 atom stereocenters. The number of rotatable bonds is 13. The van der Waals surface area contributed by atoms with E-state index < -0.39 is 0 Å². The first-order valence-corrected chi connectivity index (χ1v) is 10.6. The van der Waals surface area contributed by atoms with Crippen molar-refractivity contribution in [3.8, 4) is 11.5 Å². The summed E-state index contributed by atoms with van der Waals surface area (Å²) in [5.74, 6) is 1.84. The first kappa shape index (κ1) is 22.2. The highest BCUT2D eigenvalue weighted by molar-refractivity contribution is 5.71.